The first-order valence-electron chi connectivity index (χ1n) is 6.65. The molecule has 1 aliphatic rings. The van der Waals surface area contributed by atoms with E-state index in [0.29, 0.717) is 5.56 Å². The highest BCUT2D eigenvalue weighted by Gasteiger charge is 2.20. The quantitative estimate of drug-likeness (QED) is 0.894. The Morgan fingerprint density at radius 2 is 2.17 bits per heavy atom. The van der Waals surface area contributed by atoms with Gasteiger partial charge in [0.1, 0.15) is 5.76 Å². The van der Waals surface area contributed by atoms with Gasteiger partial charge in [0, 0.05) is 5.56 Å². The molecule has 0 unspecified atom stereocenters. The molecule has 4 heteroatoms. The number of aryl methyl sites for hydroxylation is 1. The second-order valence-electron chi connectivity index (χ2n) is 5.16. The van der Waals surface area contributed by atoms with Gasteiger partial charge in [-0.2, -0.15) is 0 Å². The molecule has 0 aliphatic carbocycles. The van der Waals surface area contributed by atoms with Crippen molar-refractivity contribution in [3.8, 4) is 0 Å². The Hall–Kier alpha value is -1.29. The number of likely N-dealkylation sites (tertiary alicyclic amines) is 1. The predicted molar refractivity (Wildman–Crippen MR) is 68.7 cm³/mol. The van der Waals surface area contributed by atoms with Crippen molar-refractivity contribution in [1.82, 2.24) is 4.90 Å². The minimum absolute atomic E-state index is 0.0773. The molecule has 1 saturated heterocycles. The van der Waals surface area contributed by atoms with E-state index in [2.05, 4.69) is 11.8 Å². The fourth-order valence-electron chi connectivity index (χ4n) is 2.61. The molecule has 0 amide bonds. The van der Waals surface area contributed by atoms with Crippen LogP contribution >= 0.6 is 0 Å². The molecule has 1 N–H and O–H groups in total. The van der Waals surface area contributed by atoms with Crippen LogP contribution in [0.15, 0.2) is 10.5 Å². The van der Waals surface area contributed by atoms with Crippen LogP contribution in [-0.2, 0) is 6.54 Å². The van der Waals surface area contributed by atoms with Gasteiger partial charge >= 0.3 is 5.97 Å². The molecule has 18 heavy (non-hydrogen) atoms. The van der Waals surface area contributed by atoms with Crippen LogP contribution in [0.4, 0.5) is 0 Å². The first-order chi connectivity index (χ1) is 8.60. The summed E-state index contributed by atoms with van der Waals surface area (Å²) in [6.07, 6.45) is 3.74. The normalized spacial score (nSPS) is 18.1. The van der Waals surface area contributed by atoms with Crippen LogP contribution in [0.3, 0.4) is 0 Å². The van der Waals surface area contributed by atoms with Gasteiger partial charge < -0.3 is 9.52 Å². The first kappa shape index (κ1) is 13.1. The number of carboxylic acids is 1. The van der Waals surface area contributed by atoms with E-state index in [1.807, 2.05) is 6.07 Å². The van der Waals surface area contributed by atoms with Crippen LogP contribution in [0.5, 0.6) is 0 Å². The molecular formula is C14H21NO3. The molecule has 2 heterocycles. The summed E-state index contributed by atoms with van der Waals surface area (Å²) in [5, 5.41) is 8.94. The molecule has 0 spiro atoms. The molecular weight excluding hydrogens is 230 g/mol. The summed E-state index contributed by atoms with van der Waals surface area (Å²) >= 11 is 0. The van der Waals surface area contributed by atoms with E-state index in [0.717, 1.165) is 31.3 Å². The van der Waals surface area contributed by atoms with Crippen molar-refractivity contribution in [2.24, 2.45) is 5.92 Å². The van der Waals surface area contributed by atoms with Crippen LogP contribution < -0.4 is 0 Å². The zero-order valence-electron chi connectivity index (χ0n) is 11.1. The summed E-state index contributed by atoms with van der Waals surface area (Å²) < 4.78 is 5.39. The standard InChI is InChI=1S/C14H21NO3/c1-3-11-4-6-15(7-5-11)9-12-8-10(2)13(18-12)14(16)17/h8,11H,3-7,9H2,1-2H3,(H,16,17). The molecule has 0 atom stereocenters. The molecule has 0 aromatic carbocycles. The fraction of sp³-hybridized carbons (Fsp3) is 0.643. The fourth-order valence-corrected chi connectivity index (χ4v) is 2.61. The molecule has 0 saturated carbocycles. The molecule has 1 aromatic heterocycles. The lowest BCUT2D eigenvalue weighted by Gasteiger charge is -2.30. The molecule has 1 aromatic rings. The summed E-state index contributed by atoms with van der Waals surface area (Å²) in [6, 6.07) is 1.84. The third-order valence-electron chi connectivity index (χ3n) is 3.83. The van der Waals surface area contributed by atoms with Gasteiger partial charge in [-0.3, -0.25) is 4.90 Å². The van der Waals surface area contributed by atoms with Crippen molar-refractivity contribution in [1.29, 1.82) is 0 Å². The van der Waals surface area contributed by atoms with E-state index in [-0.39, 0.29) is 5.76 Å². The summed E-state index contributed by atoms with van der Waals surface area (Å²) in [5.41, 5.74) is 0.709. The van der Waals surface area contributed by atoms with Crippen LogP contribution in [0.25, 0.3) is 0 Å². The SMILES string of the molecule is CCC1CCN(Cc2cc(C)c(C(=O)O)o2)CC1. The van der Waals surface area contributed by atoms with Crippen molar-refractivity contribution in [2.45, 2.75) is 39.7 Å². The highest BCUT2D eigenvalue weighted by Crippen LogP contribution is 2.23. The Balaban J connectivity index is 1.94. The van der Waals surface area contributed by atoms with Crippen molar-refractivity contribution in [3.63, 3.8) is 0 Å². The summed E-state index contributed by atoms with van der Waals surface area (Å²) in [6.45, 7) is 6.92. The van der Waals surface area contributed by atoms with Gasteiger partial charge in [0.05, 0.1) is 6.54 Å². The number of nitrogens with zero attached hydrogens (tertiary/aromatic N) is 1. The van der Waals surface area contributed by atoms with Crippen molar-refractivity contribution < 1.29 is 14.3 Å². The maximum Gasteiger partial charge on any atom is 0.372 e. The van der Waals surface area contributed by atoms with Gasteiger partial charge in [0.25, 0.3) is 0 Å². The number of carbonyl (C=O) groups is 1. The Labute approximate surface area is 108 Å². The number of rotatable bonds is 4. The van der Waals surface area contributed by atoms with Gasteiger partial charge in [-0.25, -0.2) is 4.79 Å². The molecule has 1 fully saturated rings. The number of piperidine rings is 1. The highest BCUT2D eigenvalue weighted by atomic mass is 16.4. The van der Waals surface area contributed by atoms with E-state index >= 15 is 0 Å². The summed E-state index contributed by atoms with van der Waals surface area (Å²) in [4.78, 5) is 13.2. The van der Waals surface area contributed by atoms with Crippen molar-refractivity contribution >= 4 is 5.97 Å². The smallest absolute Gasteiger partial charge is 0.372 e. The largest absolute Gasteiger partial charge is 0.475 e. The molecule has 100 valence electrons. The minimum Gasteiger partial charge on any atom is -0.475 e. The van der Waals surface area contributed by atoms with Crippen LogP contribution in [-0.4, -0.2) is 29.1 Å². The second kappa shape index (κ2) is 5.57. The summed E-state index contributed by atoms with van der Waals surface area (Å²) in [7, 11) is 0. The number of hydrogen-bond donors (Lipinski definition) is 1. The lowest BCUT2D eigenvalue weighted by Crippen LogP contribution is -2.32. The van der Waals surface area contributed by atoms with E-state index in [4.69, 9.17) is 9.52 Å². The van der Waals surface area contributed by atoms with Gasteiger partial charge in [0.2, 0.25) is 5.76 Å². The third-order valence-corrected chi connectivity index (χ3v) is 3.83. The number of furan rings is 1. The van der Waals surface area contributed by atoms with Crippen molar-refractivity contribution in [3.05, 3.63) is 23.2 Å². The first-order valence-corrected chi connectivity index (χ1v) is 6.65. The van der Waals surface area contributed by atoms with E-state index in [9.17, 15) is 4.79 Å². The van der Waals surface area contributed by atoms with E-state index in [1.54, 1.807) is 6.92 Å². The van der Waals surface area contributed by atoms with Crippen LogP contribution in [0, 0.1) is 12.8 Å². The molecule has 4 nitrogen and oxygen atoms in total. The molecule has 0 radical (unpaired) electrons. The Kier molecular flexibility index (Phi) is 4.07. The zero-order valence-corrected chi connectivity index (χ0v) is 11.1. The van der Waals surface area contributed by atoms with Gasteiger partial charge in [-0.15, -0.1) is 0 Å². The lowest BCUT2D eigenvalue weighted by atomic mass is 9.94. The second-order valence-corrected chi connectivity index (χ2v) is 5.16. The van der Waals surface area contributed by atoms with Gasteiger partial charge in [0.15, 0.2) is 0 Å². The van der Waals surface area contributed by atoms with Crippen molar-refractivity contribution in [2.75, 3.05) is 13.1 Å². The summed E-state index contributed by atoms with van der Waals surface area (Å²) in [5.74, 6) is 0.714. The number of aromatic carboxylic acids is 1. The topological polar surface area (TPSA) is 53.7 Å². The Bertz CT molecular complexity index is 417. The Morgan fingerprint density at radius 3 is 2.67 bits per heavy atom. The molecule has 1 aliphatic heterocycles. The lowest BCUT2D eigenvalue weighted by molar-refractivity contribution is 0.0656. The monoisotopic (exact) mass is 251 g/mol. The Morgan fingerprint density at radius 1 is 1.50 bits per heavy atom. The predicted octanol–water partition coefficient (Wildman–Crippen LogP) is 2.91. The average molecular weight is 251 g/mol. The minimum atomic E-state index is -0.983. The maximum absolute atomic E-state index is 10.9. The number of carboxylic acid groups (broad SMARTS) is 1. The molecule has 0 bridgehead atoms. The van der Waals surface area contributed by atoms with Crippen LogP contribution in [0.1, 0.15) is 48.1 Å². The molecule has 2 rings (SSSR count). The third kappa shape index (κ3) is 2.93. The van der Waals surface area contributed by atoms with Gasteiger partial charge in [-0.1, -0.05) is 13.3 Å². The maximum atomic E-state index is 10.9. The van der Waals surface area contributed by atoms with E-state index < -0.39 is 5.97 Å². The van der Waals surface area contributed by atoms with E-state index in [1.165, 1.54) is 19.3 Å². The highest BCUT2D eigenvalue weighted by molar-refractivity contribution is 5.86. The average Bonchev–Trinajstić information content (AvgIpc) is 2.71. The van der Waals surface area contributed by atoms with Gasteiger partial charge in [-0.05, 0) is 44.8 Å². The van der Waals surface area contributed by atoms with Crippen LogP contribution in [0.2, 0.25) is 0 Å². The number of hydrogen-bond acceptors (Lipinski definition) is 3. The zero-order chi connectivity index (χ0) is 13.1.